The minimum Gasteiger partial charge on any atom is -0.496 e. The molecule has 2 aliphatic rings. The van der Waals surface area contributed by atoms with Gasteiger partial charge in [-0.15, -0.1) is 0 Å². The average molecular weight is 457 g/mol. The van der Waals surface area contributed by atoms with Crippen LogP contribution in [0.4, 0.5) is 5.69 Å². The summed E-state index contributed by atoms with van der Waals surface area (Å²) in [7, 11) is 3.00. The summed E-state index contributed by atoms with van der Waals surface area (Å²) in [4.78, 5) is 30.6. The van der Waals surface area contributed by atoms with Gasteiger partial charge in [-0.1, -0.05) is 29.8 Å². The number of nitrogens with zero attached hydrogens (tertiary/aromatic N) is 2. The molecule has 4 rings (SSSR count). The molecule has 2 heterocycles. The predicted molar refractivity (Wildman–Crippen MR) is 122 cm³/mol. The van der Waals surface area contributed by atoms with Crippen molar-refractivity contribution in [2.45, 2.75) is 12.8 Å². The lowest BCUT2D eigenvalue weighted by atomic mass is 9.96. The number of carbonyl (C=O) groups is 2. The molecule has 32 heavy (non-hydrogen) atoms. The number of amides is 2. The molecule has 8 heteroatoms. The van der Waals surface area contributed by atoms with E-state index in [9.17, 15) is 14.7 Å². The van der Waals surface area contributed by atoms with Crippen LogP contribution in [0, 0.1) is 5.92 Å². The number of ether oxygens (including phenoxy) is 2. The Balaban J connectivity index is 1.89. The van der Waals surface area contributed by atoms with Crippen LogP contribution in [-0.2, 0) is 9.59 Å². The summed E-state index contributed by atoms with van der Waals surface area (Å²) < 4.78 is 10.9. The molecule has 1 unspecified atom stereocenters. The molecule has 0 bridgehead atoms. The summed E-state index contributed by atoms with van der Waals surface area (Å²) in [6.07, 6.45) is 1.69. The minimum atomic E-state index is -0.471. The third kappa shape index (κ3) is 3.82. The first-order valence-corrected chi connectivity index (χ1v) is 10.8. The highest BCUT2D eigenvalue weighted by Gasteiger charge is 2.45. The van der Waals surface area contributed by atoms with Crippen molar-refractivity contribution in [1.29, 1.82) is 0 Å². The molecule has 2 aromatic carbocycles. The molecule has 0 radical (unpaired) electrons. The number of halogens is 1. The summed E-state index contributed by atoms with van der Waals surface area (Å²) in [5, 5.41) is 10.1. The zero-order valence-corrected chi connectivity index (χ0v) is 18.8. The number of rotatable bonds is 6. The highest BCUT2D eigenvalue weighted by atomic mass is 35.5. The highest BCUT2D eigenvalue weighted by Crippen LogP contribution is 2.42. The van der Waals surface area contributed by atoms with E-state index in [4.69, 9.17) is 21.1 Å². The van der Waals surface area contributed by atoms with Crippen molar-refractivity contribution in [3.63, 3.8) is 0 Å². The first-order valence-electron chi connectivity index (χ1n) is 10.5. The highest BCUT2D eigenvalue weighted by molar-refractivity contribution is 6.46. The molecule has 1 fully saturated rings. The Morgan fingerprint density at radius 3 is 2.53 bits per heavy atom. The van der Waals surface area contributed by atoms with Crippen LogP contribution in [0.3, 0.4) is 0 Å². The van der Waals surface area contributed by atoms with Crippen LogP contribution in [0.25, 0.3) is 5.57 Å². The van der Waals surface area contributed by atoms with Gasteiger partial charge in [-0.05, 0) is 43.0 Å². The van der Waals surface area contributed by atoms with Crippen LogP contribution >= 0.6 is 11.6 Å². The van der Waals surface area contributed by atoms with Gasteiger partial charge in [0.05, 0.1) is 25.5 Å². The van der Waals surface area contributed by atoms with E-state index in [2.05, 4.69) is 0 Å². The van der Waals surface area contributed by atoms with Crippen molar-refractivity contribution in [2.75, 3.05) is 38.8 Å². The number of likely N-dealkylation sites (tertiary alicyclic amines) is 1. The monoisotopic (exact) mass is 456 g/mol. The zero-order valence-electron chi connectivity index (χ0n) is 18.0. The molecule has 2 aromatic rings. The van der Waals surface area contributed by atoms with Gasteiger partial charge in [-0.3, -0.25) is 9.59 Å². The number of imide groups is 1. The quantitative estimate of drug-likeness (QED) is 0.671. The summed E-state index contributed by atoms with van der Waals surface area (Å²) in [6.45, 7) is 1.13. The first kappa shape index (κ1) is 22.2. The number of anilines is 1. The molecular weight excluding hydrogens is 432 g/mol. The fourth-order valence-corrected chi connectivity index (χ4v) is 4.55. The van der Waals surface area contributed by atoms with Crippen molar-refractivity contribution < 1.29 is 24.2 Å². The van der Waals surface area contributed by atoms with E-state index in [-0.39, 0.29) is 23.8 Å². The number of piperidine rings is 1. The molecule has 0 aromatic heterocycles. The largest absolute Gasteiger partial charge is 0.496 e. The van der Waals surface area contributed by atoms with E-state index in [0.717, 1.165) is 17.7 Å². The van der Waals surface area contributed by atoms with E-state index < -0.39 is 11.8 Å². The predicted octanol–water partition coefficient (Wildman–Crippen LogP) is 3.35. The van der Waals surface area contributed by atoms with Crippen LogP contribution in [-0.4, -0.2) is 55.7 Å². The maximum absolute atomic E-state index is 13.8. The van der Waals surface area contributed by atoms with Crippen LogP contribution in [0.2, 0.25) is 5.02 Å². The number of benzene rings is 2. The molecule has 168 valence electrons. The average Bonchev–Trinajstić information content (AvgIpc) is 3.08. The molecule has 0 spiro atoms. The number of aliphatic hydroxyl groups is 1. The number of hydrogen-bond donors (Lipinski definition) is 1. The van der Waals surface area contributed by atoms with E-state index in [1.807, 2.05) is 11.0 Å². The van der Waals surface area contributed by atoms with Crippen LogP contribution < -0.4 is 14.4 Å². The van der Waals surface area contributed by atoms with Gasteiger partial charge < -0.3 is 19.5 Å². The fourth-order valence-electron chi connectivity index (χ4n) is 4.38. The third-order valence-corrected chi connectivity index (χ3v) is 6.15. The molecular formula is C24H25ClN2O5. The second kappa shape index (κ2) is 9.22. The molecule has 2 aliphatic heterocycles. The van der Waals surface area contributed by atoms with Gasteiger partial charge in [-0.2, -0.15) is 0 Å². The topological polar surface area (TPSA) is 79.3 Å². The third-order valence-electron chi connectivity index (χ3n) is 5.91. The molecule has 0 aliphatic carbocycles. The molecule has 0 saturated carbocycles. The van der Waals surface area contributed by atoms with E-state index in [0.29, 0.717) is 40.9 Å². The lowest BCUT2D eigenvalue weighted by molar-refractivity contribution is -0.120. The van der Waals surface area contributed by atoms with Gasteiger partial charge >= 0.3 is 0 Å². The maximum Gasteiger partial charge on any atom is 0.282 e. The minimum absolute atomic E-state index is 0.0295. The van der Waals surface area contributed by atoms with Crippen molar-refractivity contribution in [3.8, 4) is 11.5 Å². The van der Waals surface area contributed by atoms with Crippen molar-refractivity contribution in [2.24, 2.45) is 5.92 Å². The number of methoxy groups -OCH3 is 2. The van der Waals surface area contributed by atoms with Gasteiger partial charge in [0.2, 0.25) is 0 Å². The lowest BCUT2D eigenvalue weighted by Gasteiger charge is -2.34. The van der Waals surface area contributed by atoms with Gasteiger partial charge in [0.15, 0.2) is 0 Å². The Labute approximate surface area is 191 Å². The first-order chi connectivity index (χ1) is 15.5. The van der Waals surface area contributed by atoms with E-state index in [1.165, 1.54) is 14.2 Å². The SMILES string of the molecule is COc1ccccc1C1=C(N2CCCC(CO)C2)C(=O)N(c2cc(Cl)ccc2OC)C1=O. The summed E-state index contributed by atoms with van der Waals surface area (Å²) in [5.74, 6) is -0.0236. The normalized spacial score (nSPS) is 19.1. The Kier molecular flexibility index (Phi) is 6.39. The number of carbonyl (C=O) groups excluding carboxylic acids is 2. The molecule has 2 amide bonds. The fraction of sp³-hybridized carbons (Fsp3) is 0.333. The standard InChI is InChI=1S/C24H25ClN2O5/c1-31-19-8-4-3-7-17(19)21-22(26-11-5-6-15(13-26)14-28)24(30)27(23(21)29)18-12-16(25)9-10-20(18)32-2/h3-4,7-10,12,15,28H,5-6,11,13-14H2,1-2H3. The molecule has 1 N–H and O–H groups in total. The van der Waals surface area contributed by atoms with Crippen molar-refractivity contribution in [3.05, 3.63) is 58.7 Å². The molecule has 1 saturated heterocycles. The summed E-state index contributed by atoms with van der Waals surface area (Å²) in [5.41, 5.74) is 1.40. The van der Waals surface area contributed by atoms with E-state index in [1.54, 1.807) is 36.4 Å². The number of hydrogen-bond acceptors (Lipinski definition) is 6. The van der Waals surface area contributed by atoms with E-state index >= 15 is 0 Å². The second-order valence-electron chi connectivity index (χ2n) is 7.82. The Morgan fingerprint density at radius 1 is 1.06 bits per heavy atom. The molecule has 7 nitrogen and oxygen atoms in total. The van der Waals surface area contributed by atoms with Crippen LogP contribution in [0.15, 0.2) is 48.2 Å². The van der Waals surface area contributed by atoms with Crippen LogP contribution in [0.1, 0.15) is 18.4 Å². The lowest BCUT2D eigenvalue weighted by Crippen LogP contribution is -2.40. The van der Waals surface area contributed by atoms with Gasteiger partial charge in [0, 0.05) is 30.3 Å². The smallest absolute Gasteiger partial charge is 0.282 e. The Morgan fingerprint density at radius 2 is 1.81 bits per heavy atom. The summed E-state index contributed by atoms with van der Waals surface area (Å²) >= 11 is 6.20. The van der Waals surface area contributed by atoms with Crippen molar-refractivity contribution >= 4 is 34.7 Å². The van der Waals surface area contributed by atoms with Gasteiger partial charge in [0.25, 0.3) is 11.8 Å². The number of aliphatic hydroxyl groups excluding tert-OH is 1. The van der Waals surface area contributed by atoms with Gasteiger partial charge in [0.1, 0.15) is 17.2 Å². The summed E-state index contributed by atoms with van der Waals surface area (Å²) in [6, 6.07) is 12.0. The maximum atomic E-state index is 13.8. The van der Waals surface area contributed by atoms with Crippen molar-refractivity contribution in [1.82, 2.24) is 4.90 Å². The Hall–Kier alpha value is -3.03. The molecule has 1 atom stereocenters. The number of para-hydroxylation sites is 1. The second-order valence-corrected chi connectivity index (χ2v) is 8.26. The zero-order chi connectivity index (χ0) is 22.8. The Bertz CT molecular complexity index is 1080. The van der Waals surface area contributed by atoms with Gasteiger partial charge in [-0.25, -0.2) is 4.90 Å². The van der Waals surface area contributed by atoms with Crippen LogP contribution in [0.5, 0.6) is 11.5 Å².